The van der Waals surface area contributed by atoms with Crippen LogP contribution in [0.15, 0.2) is 42.7 Å². The molecule has 3 heterocycles. The number of hydrogen-bond donors (Lipinski definition) is 4. The van der Waals surface area contributed by atoms with Gasteiger partial charge in [-0.15, -0.1) is 5.10 Å². The lowest BCUT2D eigenvalue weighted by atomic mass is 10.2. The van der Waals surface area contributed by atoms with Gasteiger partial charge >= 0.3 is 6.18 Å². The SMILES string of the molecule is CNC(=O)c1nc(-c2cn(CCCO)nn2)ccc1Nc1nc(Nc2ccc(C[PH](C)=O)cc2OC)ncc1C(F)(F)F. The molecule has 0 fully saturated rings. The van der Waals surface area contributed by atoms with Crippen molar-refractivity contribution in [2.75, 3.05) is 38.1 Å². The highest BCUT2D eigenvalue weighted by Crippen LogP contribution is 2.37. The van der Waals surface area contributed by atoms with Crippen LogP contribution in [0.2, 0.25) is 0 Å². The van der Waals surface area contributed by atoms with Crippen molar-refractivity contribution in [1.82, 2.24) is 35.3 Å². The van der Waals surface area contributed by atoms with Crippen molar-refractivity contribution in [3.8, 4) is 17.1 Å². The fourth-order valence-corrected chi connectivity index (χ4v) is 4.78. The van der Waals surface area contributed by atoms with Gasteiger partial charge < -0.3 is 30.4 Å². The van der Waals surface area contributed by atoms with E-state index in [4.69, 9.17) is 9.84 Å². The Bertz CT molecular complexity index is 1630. The van der Waals surface area contributed by atoms with Gasteiger partial charge in [-0.3, -0.25) is 9.48 Å². The minimum absolute atomic E-state index is 0.0303. The first-order valence-electron chi connectivity index (χ1n) is 12.9. The number of alkyl halides is 3. The number of aryl methyl sites for hydroxylation is 1. The maximum Gasteiger partial charge on any atom is 0.421 e. The second-order valence-electron chi connectivity index (χ2n) is 9.23. The number of methoxy groups -OCH3 is 1. The van der Waals surface area contributed by atoms with Crippen LogP contribution in [0.5, 0.6) is 5.75 Å². The summed E-state index contributed by atoms with van der Waals surface area (Å²) >= 11 is 0. The van der Waals surface area contributed by atoms with E-state index in [1.54, 1.807) is 31.1 Å². The van der Waals surface area contributed by atoms with Crippen LogP contribution >= 0.6 is 7.80 Å². The summed E-state index contributed by atoms with van der Waals surface area (Å²) in [5.74, 6) is -1.12. The molecule has 0 radical (unpaired) electrons. The monoisotopic (exact) mass is 619 g/mol. The van der Waals surface area contributed by atoms with Gasteiger partial charge in [-0.05, 0) is 42.9 Å². The molecule has 4 N–H and O–H groups in total. The Balaban J connectivity index is 1.69. The quantitative estimate of drug-likeness (QED) is 0.169. The topological polar surface area (TPSA) is 169 Å². The van der Waals surface area contributed by atoms with Crippen molar-refractivity contribution in [2.24, 2.45) is 0 Å². The van der Waals surface area contributed by atoms with Crippen molar-refractivity contribution in [2.45, 2.75) is 25.3 Å². The second-order valence-corrected chi connectivity index (χ2v) is 11.0. The maximum atomic E-state index is 14.0. The number of amides is 1. The molecular formula is C26H29F3N9O4P. The molecule has 3 aromatic heterocycles. The number of hydrogen-bond acceptors (Lipinski definition) is 11. The number of anilines is 4. The van der Waals surface area contributed by atoms with Crippen LogP contribution in [-0.2, 0) is 23.4 Å². The van der Waals surface area contributed by atoms with Crippen molar-refractivity contribution in [3.63, 3.8) is 0 Å². The van der Waals surface area contributed by atoms with E-state index in [9.17, 15) is 22.5 Å². The maximum absolute atomic E-state index is 14.0. The number of nitrogens with one attached hydrogen (secondary N) is 3. The summed E-state index contributed by atoms with van der Waals surface area (Å²) in [5, 5.41) is 24.9. The molecule has 43 heavy (non-hydrogen) atoms. The van der Waals surface area contributed by atoms with Crippen LogP contribution in [-0.4, -0.2) is 68.4 Å². The molecule has 0 saturated heterocycles. The number of benzene rings is 1. The summed E-state index contributed by atoms with van der Waals surface area (Å²) in [6.45, 7) is 2.02. The van der Waals surface area contributed by atoms with Crippen LogP contribution in [0.25, 0.3) is 11.4 Å². The third kappa shape index (κ3) is 7.84. The van der Waals surface area contributed by atoms with Gasteiger partial charge in [0.25, 0.3) is 5.91 Å². The number of pyridine rings is 1. The zero-order valence-electron chi connectivity index (χ0n) is 23.4. The predicted molar refractivity (Wildman–Crippen MR) is 154 cm³/mol. The number of halogens is 3. The molecule has 4 aromatic rings. The van der Waals surface area contributed by atoms with E-state index in [0.717, 1.165) is 5.56 Å². The number of aliphatic hydroxyl groups excluding tert-OH is 1. The van der Waals surface area contributed by atoms with E-state index in [0.29, 0.717) is 42.5 Å². The van der Waals surface area contributed by atoms with Crippen LogP contribution < -0.4 is 20.7 Å². The molecule has 0 bridgehead atoms. The number of aliphatic hydroxyl groups is 1. The minimum atomic E-state index is -4.83. The van der Waals surface area contributed by atoms with E-state index in [1.807, 2.05) is 0 Å². The standard InChI is InChI=1S/C26H29F3N9O4P/c1-30-24(40)22-19(8-7-17(32-22)20-13-38(37-36-20)9-4-10-39)33-23-16(26(27,28)29)12-31-25(35-23)34-18-6-5-15(14-43(3)41)11-21(18)42-2/h5-8,11-13,39,43H,4,9-10,14H2,1-3H3,(H,30,40)(H2,31,33,34,35). The Morgan fingerprint density at radius 1 is 1.12 bits per heavy atom. The summed E-state index contributed by atoms with van der Waals surface area (Å²) in [7, 11) is 0.998. The Morgan fingerprint density at radius 2 is 1.88 bits per heavy atom. The first-order chi connectivity index (χ1) is 20.5. The van der Waals surface area contributed by atoms with Crippen LogP contribution in [0, 0.1) is 0 Å². The van der Waals surface area contributed by atoms with Crippen LogP contribution in [0.4, 0.5) is 36.3 Å². The summed E-state index contributed by atoms with van der Waals surface area (Å²) in [4.78, 5) is 24.9. The average Bonchev–Trinajstić information content (AvgIpc) is 3.45. The van der Waals surface area contributed by atoms with E-state index in [2.05, 4.69) is 41.2 Å². The van der Waals surface area contributed by atoms with E-state index >= 15 is 0 Å². The smallest absolute Gasteiger partial charge is 0.421 e. The van der Waals surface area contributed by atoms with Gasteiger partial charge in [-0.2, -0.15) is 18.2 Å². The van der Waals surface area contributed by atoms with Gasteiger partial charge in [-0.1, -0.05) is 11.3 Å². The minimum Gasteiger partial charge on any atom is -0.495 e. The molecule has 0 aliphatic heterocycles. The molecule has 17 heteroatoms. The summed E-state index contributed by atoms with van der Waals surface area (Å²) in [6.07, 6.45) is -1.81. The molecule has 228 valence electrons. The lowest BCUT2D eigenvalue weighted by molar-refractivity contribution is -0.137. The van der Waals surface area contributed by atoms with E-state index < -0.39 is 31.3 Å². The highest BCUT2D eigenvalue weighted by Gasteiger charge is 2.36. The van der Waals surface area contributed by atoms with Gasteiger partial charge in [-0.25, -0.2) is 9.97 Å². The van der Waals surface area contributed by atoms with Crippen LogP contribution in [0.1, 0.15) is 28.0 Å². The number of nitrogens with zero attached hydrogens (tertiary/aromatic N) is 6. The number of ether oxygens (including phenoxy) is 1. The predicted octanol–water partition coefficient (Wildman–Crippen LogP) is 4.08. The molecule has 1 amide bonds. The molecule has 13 nitrogen and oxygen atoms in total. The van der Waals surface area contributed by atoms with Crippen molar-refractivity contribution < 1.29 is 32.4 Å². The third-order valence-corrected chi connectivity index (χ3v) is 6.90. The van der Waals surface area contributed by atoms with Crippen molar-refractivity contribution in [1.29, 1.82) is 0 Å². The molecule has 1 aromatic carbocycles. The summed E-state index contributed by atoms with van der Waals surface area (Å²) in [6, 6.07) is 7.87. The molecule has 0 aliphatic rings. The van der Waals surface area contributed by atoms with Gasteiger partial charge in [0.2, 0.25) is 5.95 Å². The number of carbonyl (C=O) groups excluding carboxylic acids is 1. The van der Waals surface area contributed by atoms with E-state index in [-0.39, 0.29) is 29.6 Å². The normalized spacial score (nSPS) is 12.1. The number of rotatable bonds is 12. The highest BCUT2D eigenvalue weighted by molar-refractivity contribution is 7.42. The molecule has 0 spiro atoms. The fraction of sp³-hybridized carbons (Fsp3) is 0.308. The highest BCUT2D eigenvalue weighted by atomic mass is 31.1. The molecule has 4 rings (SSSR count). The van der Waals surface area contributed by atoms with Gasteiger partial charge in [0.05, 0.1) is 38.2 Å². The zero-order valence-corrected chi connectivity index (χ0v) is 24.4. The first kappa shape index (κ1) is 31.4. The molecule has 0 aliphatic carbocycles. The zero-order chi connectivity index (χ0) is 31.1. The Labute approximate surface area is 244 Å². The van der Waals surface area contributed by atoms with E-state index in [1.165, 1.54) is 31.0 Å². The summed E-state index contributed by atoms with van der Waals surface area (Å²) in [5.41, 5.74) is 0.287. The Hall–Kier alpha value is -4.56. The molecule has 1 unspecified atom stereocenters. The molecule has 0 saturated carbocycles. The van der Waals surface area contributed by atoms with Gasteiger partial charge in [0, 0.05) is 32.6 Å². The van der Waals surface area contributed by atoms with Gasteiger partial charge in [0.1, 0.15) is 22.8 Å². The lowest BCUT2D eigenvalue weighted by Crippen LogP contribution is -2.21. The molecular weight excluding hydrogens is 590 g/mol. The average molecular weight is 620 g/mol. The van der Waals surface area contributed by atoms with Gasteiger partial charge in [0.15, 0.2) is 5.69 Å². The Morgan fingerprint density at radius 3 is 2.56 bits per heavy atom. The van der Waals surface area contributed by atoms with Crippen molar-refractivity contribution in [3.05, 3.63) is 59.5 Å². The van der Waals surface area contributed by atoms with Crippen LogP contribution in [0.3, 0.4) is 0 Å². The second kappa shape index (κ2) is 13.6. The largest absolute Gasteiger partial charge is 0.495 e. The third-order valence-electron chi connectivity index (χ3n) is 6.00. The first-order valence-corrected chi connectivity index (χ1v) is 15.0. The van der Waals surface area contributed by atoms with Crippen molar-refractivity contribution >= 4 is 36.8 Å². The number of carbonyl (C=O) groups is 1. The number of aromatic nitrogens is 6. The fourth-order valence-electron chi connectivity index (χ4n) is 3.98. The Kier molecular flexibility index (Phi) is 9.93. The summed E-state index contributed by atoms with van der Waals surface area (Å²) < 4.78 is 60.5. The lowest BCUT2D eigenvalue weighted by Gasteiger charge is -2.17. The molecule has 1 atom stereocenters.